The molecular weight excluding hydrogens is 489 g/mol. The molecule has 0 saturated carbocycles. The molecular formula is C25H25F3N6O3. The molecule has 9 nitrogen and oxygen atoms in total. The average Bonchev–Trinajstić information content (AvgIpc) is 3.46. The smallest absolute Gasteiger partial charge is 0.339 e. The molecule has 3 aromatic rings. The third kappa shape index (κ3) is 4.87. The summed E-state index contributed by atoms with van der Waals surface area (Å²) in [6.45, 7) is 0.283. The number of halogens is 3. The monoisotopic (exact) mass is 514 g/mol. The number of aromatic nitrogens is 3. The molecule has 37 heavy (non-hydrogen) atoms. The van der Waals surface area contributed by atoms with Gasteiger partial charge in [-0.25, -0.2) is 9.97 Å². The van der Waals surface area contributed by atoms with Gasteiger partial charge >= 0.3 is 6.18 Å². The number of Topliss-reactive ketones (excluding diaryl/α,β-unsaturated/α-hetero) is 1. The highest BCUT2D eigenvalue weighted by molar-refractivity contribution is 5.97. The number of carbonyl (C=O) groups excluding carboxylic acids is 3. The molecule has 2 aliphatic heterocycles. The van der Waals surface area contributed by atoms with Crippen molar-refractivity contribution in [3.05, 3.63) is 60.9 Å². The molecule has 2 amide bonds. The number of imidazole rings is 1. The van der Waals surface area contributed by atoms with E-state index in [-0.39, 0.29) is 43.8 Å². The van der Waals surface area contributed by atoms with E-state index < -0.39 is 30.3 Å². The lowest BCUT2D eigenvalue weighted by molar-refractivity contribution is -0.145. The normalized spacial score (nSPS) is 17.7. The van der Waals surface area contributed by atoms with Crippen molar-refractivity contribution in [2.75, 3.05) is 31.2 Å². The Morgan fingerprint density at radius 2 is 1.78 bits per heavy atom. The topological polar surface area (TPSA) is 91.1 Å². The van der Waals surface area contributed by atoms with Crippen molar-refractivity contribution in [1.29, 1.82) is 0 Å². The van der Waals surface area contributed by atoms with Gasteiger partial charge in [0.2, 0.25) is 5.91 Å². The molecule has 2 aliphatic rings. The largest absolute Gasteiger partial charge is 0.389 e. The van der Waals surface area contributed by atoms with Gasteiger partial charge in [0.25, 0.3) is 5.91 Å². The van der Waals surface area contributed by atoms with E-state index in [0.717, 1.165) is 11.2 Å². The molecule has 12 heteroatoms. The molecule has 4 heterocycles. The Labute approximate surface area is 210 Å². The number of piperidine rings is 1. The van der Waals surface area contributed by atoms with Crippen molar-refractivity contribution in [2.24, 2.45) is 0 Å². The predicted molar refractivity (Wildman–Crippen MR) is 127 cm³/mol. The summed E-state index contributed by atoms with van der Waals surface area (Å²) in [5.41, 5.74) is 0.794. The van der Waals surface area contributed by atoms with E-state index in [0.29, 0.717) is 12.8 Å². The summed E-state index contributed by atoms with van der Waals surface area (Å²) in [6.07, 6.45) is 0.712. The maximum absolute atomic E-state index is 13.6. The van der Waals surface area contributed by atoms with E-state index in [2.05, 4.69) is 9.97 Å². The van der Waals surface area contributed by atoms with Crippen LogP contribution >= 0.6 is 0 Å². The molecule has 2 fully saturated rings. The number of amides is 2. The van der Waals surface area contributed by atoms with Crippen LogP contribution in [0.25, 0.3) is 5.52 Å². The Bertz CT molecular complexity index is 1320. The standard InChI is InChI=1S/C25H25F3N6O3/c26-25(27,28)7-6-20(35)14-33-17-34(18-4-2-1-3-5-18)24(23(33)37)8-10-31(11-9-24)22(36)21-15-32-16-29-12-19(32)13-30-21/h1-5,12-13,15-16H,6-11,14,17H2. The van der Waals surface area contributed by atoms with Crippen LogP contribution in [0.2, 0.25) is 0 Å². The Kier molecular flexibility index (Phi) is 6.34. The Hall–Kier alpha value is -3.96. The van der Waals surface area contributed by atoms with E-state index in [9.17, 15) is 27.6 Å². The minimum atomic E-state index is -4.43. The summed E-state index contributed by atoms with van der Waals surface area (Å²) in [5, 5.41) is 0. The van der Waals surface area contributed by atoms with Crippen LogP contribution in [0.15, 0.2) is 55.2 Å². The highest BCUT2D eigenvalue weighted by Gasteiger charge is 2.54. The summed E-state index contributed by atoms with van der Waals surface area (Å²) in [4.78, 5) is 52.3. The van der Waals surface area contributed by atoms with E-state index in [1.165, 1.54) is 4.90 Å². The highest BCUT2D eigenvalue weighted by atomic mass is 19.4. The van der Waals surface area contributed by atoms with Crippen LogP contribution in [0.3, 0.4) is 0 Å². The lowest BCUT2D eigenvalue weighted by Gasteiger charge is -2.43. The van der Waals surface area contributed by atoms with E-state index in [1.54, 1.807) is 34.2 Å². The number of likely N-dealkylation sites (tertiary alicyclic amines) is 1. The van der Waals surface area contributed by atoms with Gasteiger partial charge < -0.3 is 19.1 Å². The molecule has 0 atom stereocenters. The van der Waals surface area contributed by atoms with Crippen molar-refractivity contribution in [3.63, 3.8) is 0 Å². The number of rotatable bonds is 6. The van der Waals surface area contributed by atoms with E-state index >= 15 is 0 Å². The molecule has 0 bridgehead atoms. The molecule has 5 rings (SSSR count). The second-order valence-electron chi connectivity index (χ2n) is 9.38. The van der Waals surface area contributed by atoms with Crippen molar-refractivity contribution in [3.8, 4) is 0 Å². The quantitative estimate of drug-likeness (QED) is 0.503. The SMILES string of the molecule is O=C(CCC(F)(F)F)CN1CN(c2ccccc2)C2(CCN(C(=O)c3cn4cncc4cn3)CC2)C1=O. The molecule has 194 valence electrons. The molecule has 0 radical (unpaired) electrons. The number of para-hydroxylation sites is 1. The van der Waals surface area contributed by atoms with Gasteiger partial charge in [-0.3, -0.25) is 14.4 Å². The average molecular weight is 515 g/mol. The molecule has 0 N–H and O–H groups in total. The summed E-state index contributed by atoms with van der Waals surface area (Å²) >= 11 is 0. The van der Waals surface area contributed by atoms with Gasteiger partial charge in [-0.2, -0.15) is 13.2 Å². The van der Waals surface area contributed by atoms with Crippen molar-refractivity contribution in [2.45, 2.75) is 37.4 Å². The third-order valence-corrected chi connectivity index (χ3v) is 7.03. The second-order valence-corrected chi connectivity index (χ2v) is 9.38. The fourth-order valence-electron chi connectivity index (χ4n) is 5.07. The van der Waals surface area contributed by atoms with Gasteiger partial charge in [-0.15, -0.1) is 0 Å². The minimum Gasteiger partial charge on any atom is -0.339 e. The number of carbonyl (C=O) groups is 3. The van der Waals surface area contributed by atoms with Crippen LogP contribution in [0.5, 0.6) is 0 Å². The van der Waals surface area contributed by atoms with Crippen molar-refractivity contribution < 1.29 is 27.6 Å². The van der Waals surface area contributed by atoms with Crippen molar-refractivity contribution in [1.82, 2.24) is 24.2 Å². The number of hydrogen-bond acceptors (Lipinski definition) is 6. The van der Waals surface area contributed by atoms with Gasteiger partial charge in [0.15, 0.2) is 5.78 Å². The number of hydrogen-bond donors (Lipinski definition) is 0. The molecule has 0 unspecified atom stereocenters. The van der Waals surface area contributed by atoms with Gasteiger partial charge in [0, 0.05) is 31.4 Å². The zero-order chi connectivity index (χ0) is 26.2. The van der Waals surface area contributed by atoms with Gasteiger partial charge in [0.05, 0.1) is 43.9 Å². The number of fused-ring (bicyclic) bond motifs is 1. The zero-order valence-electron chi connectivity index (χ0n) is 19.9. The first-order chi connectivity index (χ1) is 17.7. The predicted octanol–water partition coefficient (Wildman–Crippen LogP) is 2.92. The number of alkyl halides is 3. The number of anilines is 1. The minimum absolute atomic E-state index is 0.0907. The lowest BCUT2D eigenvalue weighted by Crippen LogP contribution is -2.57. The summed E-state index contributed by atoms with van der Waals surface area (Å²) < 4.78 is 39.4. The van der Waals surface area contributed by atoms with Gasteiger partial charge in [0.1, 0.15) is 11.2 Å². The second kappa shape index (κ2) is 9.49. The molecule has 0 aliphatic carbocycles. The fraction of sp³-hybridized carbons (Fsp3) is 0.400. The first kappa shape index (κ1) is 24.7. The molecule has 2 aromatic heterocycles. The van der Waals surface area contributed by atoms with Crippen LogP contribution in [0, 0.1) is 0 Å². The van der Waals surface area contributed by atoms with Gasteiger partial charge in [-0.1, -0.05) is 18.2 Å². The Balaban J connectivity index is 1.33. The van der Waals surface area contributed by atoms with Crippen LogP contribution < -0.4 is 4.90 Å². The first-order valence-corrected chi connectivity index (χ1v) is 11.9. The third-order valence-electron chi connectivity index (χ3n) is 7.03. The molecule has 2 saturated heterocycles. The number of nitrogens with zero attached hydrogens (tertiary/aromatic N) is 6. The summed E-state index contributed by atoms with van der Waals surface area (Å²) in [7, 11) is 0. The van der Waals surface area contributed by atoms with Crippen LogP contribution in [0.4, 0.5) is 18.9 Å². The highest BCUT2D eigenvalue weighted by Crippen LogP contribution is 2.39. The zero-order valence-corrected chi connectivity index (χ0v) is 19.9. The lowest BCUT2D eigenvalue weighted by atomic mass is 9.85. The molecule has 1 spiro atoms. The maximum Gasteiger partial charge on any atom is 0.389 e. The Morgan fingerprint density at radius 1 is 1.05 bits per heavy atom. The van der Waals surface area contributed by atoms with E-state index in [1.807, 2.05) is 35.2 Å². The summed E-state index contributed by atoms with van der Waals surface area (Å²) in [5.74, 6) is -1.20. The molecule has 1 aromatic carbocycles. The van der Waals surface area contributed by atoms with E-state index in [4.69, 9.17) is 0 Å². The van der Waals surface area contributed by atoms with Crippen LogP contribution in [0.1, 0.15) is 36.2 Å². The van der Waals surface area contributed by atoms with Crippen LogP contribution in [-0.2, 0) is 9.59 Å². The first-order valence-electron chi connectivity index (χ1n) is 11.9. The fourth-order valence-corrected chi connectivity index (χ4v) is 5.07. The number of ketones is 1. The van der Waals surface area contributed by atoms with Crippen molar-refractivity contribution >= 4 is 28.8 Å². The Morgan fingerprint density at radius 3 is 2.49 bits per heavy atom. The summed E-state index contributed by atoms with van der Waals surface area (Å²) in [6, 6.07) is 9.22. The van der Waals surface area contributed by atoms with Crippen LogP contribution in [-0.4, -0.2) is 79.8 Å². The number of benzene rings is 1. The maximum atomic E-state index is 13.6. The van der Waals surface area contributed by atoms with Gasteiger partial charge in [-0.05, 0) is 25.0 Å².